The third kappa shape index (κ3) is 3.92. The summed E-state index contributed by atoms with van der Waals surface area (Å²) >= 11 is 0. The topological polar surface area (TPSA) is 88.6 Å². The van der Waals surface area contributed by atoms with Crippen LogP contribution in [0.3, 0.4) is 0 Å². The molecule has 3 heterocycles. The molecule has 0 spiro atoms. The van der Waals surface area contributed by atoms with Gasteiger partial charge in [-0.1, -0.05) is 18.2 Å². The molecule has 0 unspecified atom stereocenters. The van der Waals surface area contributed by atoms with E-state index < -0.39 is 12.0 Å². The van der Waals surface area contributed by atoms with Crippen molar-refractivity contribution in [2.24, 2.45) is 0 Å². The number of nitrogens with zero attached hydrogens (tertiary/aromatic N) is 3. The summed E-state index contributed by atoms with van der Waals surface area (Å²) in [5.74, 6) is 0.525. The van der Waals surface area contributed by atoms with E-state index >= 15 is 0 Å². The minimum Gasteiger partial charge on any atom is -0.493 e. The minimum atomic E-state index is -0.565. The van der Waals surface area contributed by atoms with Crippen molar-refractivity contribution < 1.29 is 28.6 Å². The van der Waals surface area contributed by atoms with E-state index in [-0.39, 0.29) is 17.9 Å². The van der Waals surface area contributed by atoms with Crippen molar-refractivity contribution >= 4 is 17.9 Å². The fraction of sp³-hybridized carbons (Fsp3) is 0.444. The van der Waals surface area contributed by atoms with Crippen molar-refractivity contribution in [3.8, 4) is 11.5 Å². The first-order valence-corrected chi connectivity index (χ1v) is 12.3. The summed E-state index contributed by atoms with van der Waals surface area (Å²) in [6.45, 7) is 4.25. The lowest BCUT2D eigenvalue weighted by molar-refractivity contribution is -0.136. The molecule has 1 saturated heterocycles. The molecule has 2 aromatic carbocycles. The Balaban J connectivity index is 1.53. The Kier molecular flexibility index (Phi) is 6.47. The number of amides is 3. The van der Waals surface area contributed by atoms with Crippen LogP contribution in [0.1, 0.15) is 45.9 Å². The minimum absolute atomic E-state index is 0.0453. The maximum absolute atomic E-state index is 14.2. The first-order chi connectivity index (χ1) is 17.5. The lowest BCUT2D eigenvalue weighted by Gasteiger charge is -2.47. The molecule has 3 aliphatic heterocycles. The molecule has 5 rings (SSSR count). The Hall–Kier alpha value is -3.75. The van der Waals surface area contributed by atoms with E-state index in [2.05, 4.69) is 0 Å². The number of methoxy groups -OCH3 is 2. The SMILES string of the molecule is CCOC(=O)N1CCN(C(=O)[C@@H]2c3ccccc3C(=O)N3CCc4cc(OC)c(OC)cc4[C@H]23)CC1. The lowest BCUT2D eigenvalue weighted by atomic mass is 9.75. The van der Waals surface area contributed by atoms with Crippen LogP contribution in [0.5, 0.6) is 11.5 Å². The van der Waals surface area contributed by atoms with E-state index in [0.717, 1.165) is 16.7 Å². The zero-order chi connectivity index (χ0) is 25.4. The molecule has 0 aliphatic carbocycles. The van der Waals surface area contributed by atoms with E-state index in [0.29, 0.717) is 62.8 Å². The van der Waals surface area contributed by atoms with Gasteiger partial charge in [-0.3, -0.25) is 9.59 Å². The maximum Gasteiger partial charge on any atom is 0.409 e. The quantitative estimate of drug-likeness (QED) is 0.651. The summed E-state index contributed by atoms with van der Waals surface area (Å²) in [5, 5.41) is 0. The van der Waals surface area contributed by atoms with Gasteiger partial charge in [-0.15, -0.1) is 0 Å². The van der Waals surface area contributed by atoms with Crippen LogP contribution in [-0.4, -0.2) is 86.2 Å². The van der Waals surface area contributed by atoms with E-state index in [1.165, 1.54) is 0 Å². The Morgan fingerprint density at radius 1 is 0.917 bits per heavy atom. The average molecular weight is 494 g/mol. The zero-order valence-electron chi connectivity index (χ0n) is 20.9. The number of piperazine rings is 1. The summed E-state index contributed by atoms with van der Waals surface area (Å²) in [4.78, 5) is 45.1. The first-order valence-electron chi connectivity index (χ1n) is 12.3. The third-order valence-electron chi connectivity index (χ3n) is 7.41. The van der Waals surface area contributed by atoms with E-state index in [1.807, 2.05) is 35.2 Å². The van der Waals surface area contributed by atoms with Crippen molar-refractivity contribution in [2.45, 2.75) is 25.3 Å². The number of hydrogen-bond donors (Lipinski definition) is 0. The fourth-order valence-corrected chi connectivity index (χ4v) is 5.64. The number of rotatable bonds is 4. The van der Waals surface area contributed by atoms with Crippen molar-refractivity contribution in [1.82, 2.24) is 14.7 Å². The number of hydrogen-bond acceptors (Lipinski definition) is 6. The Labute approximate surface area is 210 Å². The van der Waals surface area contributed by atoms with E-state index in [4.69, 9.17) is 14.2 Å². The maximum atomic E-state index is 14.2. The van der Waals surface area contributed by atoms with Gasteiger partial charge in [0.2, 0.25) is 5.91 Å². The van der Waals surface area contributed by atoms with Crippen molar-refractivity contribution in [2.75, 3.05) is 53.6 Å². The van der Waals surface area contributed by atoms with Gasteiger partial charge in [0.15, 0.2) is 11.5 Å². The highest BCUT2D eigenvalue weighted by Gasteiger charge is 2.48. The van der Waals surface area contributed by atoms with Crippen LogP contribution < -0.4 is 9.47 Å². The van der Waals surface area contributed by atoms with Crippen LogP contribution in [0, 0.1) is 0 Å². The molecule has 3 amide bonds. The first kappa shape index (κ1) is 24.0. The van der Waals surface area contributed by atoms with Crippen LogP contribution in [-0.2, 0) is 16.0 Å². The number of ether oxygens (including phenoxy) is 3. The summed E-state index contributed by atoms with van der Waals surface area (Å²) in [5.41, 5.74) is 3.27. The molecular formula is C27H31N3O6. The zero-order valence-corrected chi connectivity index (χ0v) is 20.9. The third-order valence-corrected chi connectivity index (χ3v) is 7.41. The van der Waals surface area contributed by atoms with Gasteiger partial charge >= 0.3 is 6.09 Å². The summed E-state index contributed by atoms with van der Waals surface area (Å²) in [7, 11) is 3.18. The van der Waals surface area contributed by atoms with Crippen molar-refractivity contribution in [3.05, 3.63) is 58.7 Å². The Bertz CT molecular complexity index is 1190. The smallest absolute Gasteiger partial charge is 0.409 e. The van der Waals surface area contributed by atoms with Gasteiger partial charge in [0.1, 0.15) is 0 Å². The van der Waals surface area contributed by atoms with Gasteiger partial charge in [0, 0.05) is 38.3 Å². The summed E-state index contributed by atoms with van der Waals surface area (Å²) in [6.07, 6.45) is 0.311. The van der Waals surface area contributed by atoms with Crippen molar-refractivity contribution in [3.63, 3.8) is 0 Å². The van der Waals surface area contributed by atoms with Gasteiger partial charge in [-0.2, -0.15) is 0 Å². The second-order valence-electron chi connectivity index (χ2n) is 9.18. The highest BCUT2D eigenvalue weighted by molar-refractivity contribution is 6.01. The van der Waals surface area contributed by atoms with Crippen LogP contribution in [0.25, 0.3) is 0 Å². The molecule has 0 N–H and O–H groups in total. The van der Waals surface area contributed by atoms with Crippen molar-refractivity contribution in [1.29, 1.82) is 0 Å². The van der Waals surface area contributed by atoms with Gasteiger partial charge in [0.25, 0.3) is 5.91 Å². The summed E-state index contributed by atoms with van der Waals surface area (Å²) in [6, 6.07) is 10.8. The van der Waals surface area contributed by atoms with Crippen LogP contribution in [0.2, 0.25) is 0 Å². The second-order valence-corrected chi connectivity index (χ2v) is 9.18. The Morgan fingerprint density at radius 2 is 1.58 bits per heavy atom. The molecule has 0 radical (unpaired) electrons. The fourth-order valence-electron chi connectivity index (χ4n) is 5.64. The second kappa shape index (κ2) is 9.72. The number of carbonyl (C=O) groups is 3. The molecule has 0 bridgehead atoms. The highest BCUT2D eigenvalue weighted by Crippen LogP contribution is 2.48. The molecule has 2 atom stereocenters. The number of carbonyl (C=O) groups excluding carboxylic acids is 3. The Morgan fingerprint density at radius 3 is 2.28 bits per heavy atom. The summed E-state index contributed by atoms with van der Waals surface area (Å²) < 4.78 is 16.2. The van der Waals surface area contributed by atoms with E-state index in [9.17, 15) is 14.4 Å². The standard InChI is InChI=1S/C27H31N3O6/c1-4-36-27(33)29-13-11-28(12-14-29)26(32)23-18-7-5-6-8-19(18)25(31)30-10-9-17-15-21(34-2)22(35-3)16-20(17)24(23)30/h5-8,15-16,23-24H,4,9-14H2,1-3H3/t23-,24-/m1/s1. The van der Waals surface area contributed by atoms with Crippen LogP contribution in [0.15, 0.2) is 36.4 Å². The molecule has 0 aromatic heterocycles. The average Bonchev–Trinajstić information content (AvgIpc) is 2.92. The molecule has 9 heteroatoms. The number of fused-ring (bicyclic) bond motifs is 4. The molecule has 9 nitrogen and oxygen atoms in total. The molecular weight excluding hydrogens is 462 g/mol. The van der Waals surface area contributed by atoms with Crippen LogP contribution in [0.4, 0.5) is 4.79 Å². The molecule has 2 aromatic rings. The van der Waals surface area contributed by atoms with Gasteiger partial charge in [0.05, 0.1) is 32.8 Å². The normalized spacial score (nSPS) is 20.8. The van der Waals surface area contributed by atoms with E-state index in [1.54, 1.807) is 37.0 Å². The van der Waals surface area contributed by atoms with Crippen LogP contribution >= 0.6 is 0 Å². The molecule has 190 valence electrons. The predicted octanol–water partition coefficient (Wildman–Crippen LogP) is 2.84. The molecule has 0 saturated carbocycles. The molecule has 3 aliphatic rings. The largest absolute Gasteiger partial charge is 0.493 e. The van der Waals surface area contributed by atoms with Gasteiger partial charge in [-0.25, -0.2) is 4.79 Å². The highest BCUT2D eigenvalue weighted by atomic mass is 16.6. The monoisotopic (exact) mass is 493 g/mol. The lowest BCUT2D eigenvalue weighted by Crippen LogP contribution is -2.55. The van der Waals surface area contributed by atoms with Gasteiger partial charge < -0.3 is 28.9 Å². The molecule has 1 fully saturated rings. The number of benzene rings is 2. The van der Waals surface area contributed by atoms with Gasteiger partial charge in [-0.05, 0) is 48.2 Å². The molecule has 36 heavy (non-hydrogen) atoms. The predicted molar refractivity (Wildman–Crippen MR) is 131 cm³/mol.